The average Bonchev–Trinajstić information content (AvgIpc) is 3.09. The van der Waals surface area contributed by atoms with E-state index in [1.807, 2.05) is 20.8 Å². The molecule has 2 bridgehead atoms. The van der Waals surface area contributed by atoms with E-state index in [-0.39, 0.29) is 17.3 Å². The molecule has 28 heavy (non-hydrogen) atoms. The van der Waals surface area contributed by atoms with Crippen LogP contribution in [0.2, 0.25) is 5.02 Å². The van der Waals surface area contributed by atoms with E-state index in [0.717, 1.165) is 31.8 Å². The van der Waals surface area contributed by atoms with Gasteiger partial charge in [0.15, 0.2) is 0 Å². The second-order valence-corrected chi connectivity index (χ2v) is 9.39. The van der Waals surface area contributed by atoms with Crippen LogP contribution in [0.5, 0.6) is 0 Å². The number of hydrogen-bond donors (Lipinski definition) is 2. The van der Waals surface area contributed by atoms with Crippen molar-refractivity contribution in [3.8, 4) is 0 Å². The zero-order valence-corrected chi connectivity index (χ0v) is 17.3. The summed E-state index contributed by atoms with van der Waals surface area (Å²) in [4.78, 5) is 24.6. The van der Waals surface area contributed by atoms with Crippen LogP contribution >= 0.6 is 11.6 Å². The highest BCUT2D eigenvalue weighted by Crippen LogP contribution is 2.31. The fraction of sp³-hybridized carbons (Fsp3) is 0.600. The lowest BCUT2D eigenvalue weighted by atomic mass is 10.1. The Labute approximate surface area is 169 Å². The summed E-state index contributed by atoms with van der Waals surface area (Å²) in [5.41, 5.74) is 0.635. The second kappa shape index (κ2) is 7.28. The van der Waals surface area contributed by atoms with E-state index >= 15 is 0 Å². The van der Waals surface area contributed by atoms with Gasteiger partial charge in [-0.2, -0.15) is 0 Å². The quantitative estimate of drug-likeness (QED) is 0.818. The lowest BCUT2D eigenvalue weighted by Crippen LogP contribution is -2.56. The van der Waals surface area contributed by atoms with Crippen LogP contribution in [-0.4, -0.2) is 62.9 Å². The average molecular weight is 408 g/mol. The number of piperazine rings is 1. The standard InChI is InChI=1S/C20H27ClFN5O/c1-20(2,3)25-17(28)11-27-12-4-5-13(27)9-26(8-12)10-16-23-18-14(21)6-7-15(22)19(18)24-16/h6-7,12-13H,4-5,8-11H2,1-3H3,(H,23,24)(H,25,28). The van der Waals surface area contributed by atoms with Crippen LogP contribution in [0, 0.1) is 5.82 Å². The van der Waals surface area contributed by atoms with Gasteiger partial charge in [0.25, 0.3) is 0 Å². The van der Waals surface area contributed by atoms with Crippen LogP contribution in [0.15, 0.2) is 12.1 Å². The van der Waals surface area contributed by atoms with Crippen molar-refractivity contribution >= 4 is 28.5 Å². The monoisotopic (exact) mass is 407 g/mol. The van der Waals surface area contributed by atoms with Crippen molar-refractivity contribution in [3.63, 3.8) is 0 Å². The molecule has 6 nitrogen and oxygen atoms in total. The molecule has 2 aliphatic rings. The Morgan fingerprint density at radius 1 is 1.32 bits per heavy atom. The highest BCUT2D eigenvalue weighted by molar-refractivity contribution is 6.34. The predicted octanol–water partition coefficient (Wildman–Crippen LogP) is 2.92. The van der Waals surface area contributed by atoms with Crippen molar-refractivity contribution in [2.75, 3.05) is 19.6 Å². The number of carbonyl (C=O) groups is 1. The number of aromatic amines is 1. The lowest BCUT2D eigenvalue weighted by molar-refractivity contribution is -0.125. The third-order valence-electron chi connectivity index (χ3n) is 5.52. The number of amides is 1. The summed E-state index contributed by atoms with van der Waals surface area (Å²) >= 11 is 6.15. The van der Waals surface area contributed by atoms with Crippen molar-refractivity contribution in [1.29, 1.82) is 0 Å². The summed E-state index contributed by atoms with van der Waals surface area (Å²) in [6.45, 7) is 8.84. The molecule has 1 aromatic heterocycles. The smallest absolute Gasteiger partial charge is 0.234 e. The van der Waals surface area contributed by atoms with Gasteiger partial charge in [0.1, 0.15) is 22.7 Å². The maximum absolute atomic E-state index is 14.0. The van der Waals surface area contributed by atoms with Crippen LogP contribution < -0.4 is 5.32 Å². The summed E-state index contributed by atoms with van der Waals surface area (Å²) in [6.07, 6.45) is 2.20. The van der Waals surface area contributed by atoms with Crippen LogP contribution in [0.25, 0.3) is 11.0 Å². The topological polar surface area (TPSA) is 64.3 Å². The number of aromatic nitrogens is 2. The van der Waals surface area contributed by atoms with E-state index in [1.165, 1.54) is 12.1 Å². The minimum atomic E-state index is -0.340. The highest BCUT2D eigenvalue weighted by atomic mass is 35.5. The minimum Gasteiger partial charge on any atom is -0.350 e. The van der Waals surface area contributed by atoms with Gasteiger partial charge in [0.2, 0.25) is 5.91 Å². The number of nitrogens with one attached hydrogen (secondary N) is 2. The van der Waals surface area contributed by atoms with Crippen molar-refractivity contribution < 1.29 is 9.18 Å². The normalized spacial score (nSPS) is 23.5. The molecule has 8 heteroatoms. The molecule has 0 radical (unpaired) electrons. The lowest BCUT2D eigenvalue weighted by Gasteiger charge is -2.40. The molecule has 152 valence electrons. The molecular weight excluding hydrogens is 381 g/mol. The fourth-order valence-electron chi connectivity index (χ4n) is 4.45. The largest absolute Gasteiger partial charge is 0.350 e. The maximum Gasteiger partial charge on any atom is 0.234 e. The number of benzene rings is 1. The third-order valence-corrected chi connectivity index (χ3v) is 5.82. The number of fused-ring (bicyclic) bond motifs is 3. The molecule has 2 aromatic rings. The van der Waals surface area contributed by atoms with Crippen molar-refractivity contribution in [3.05, 3.63) is 28.8 Å². The number of H-pyrrole nitrogens is 1. The number of hydrogen-bond acceptors (Lipinski definition) is 4. The van der Waals surface area contributed by atoms with E-state index in [9.17, 15) is 9.18 Å². The van der Waals surface area contributed by atoms with Gasteiger partial charge in [0.05, 0.1) is 18.1 Å². The van der Waals surface area contributed by atoms with Gasteiger partial charge in [-0.1, -0.05) is 11.6 Å². The molecule has 3 heterocycles. The Morgan fingerprint density at radius 2 is 2.00 bits per heavy atom. The predicted molar refractivity (Wildman–Crippen MR) is 108 cm³/mol. The molecule has 2 aliphatic heterocycles. The van der Waals surface area contributed by atoms with Crippen LogP contribution in [-0.2, 0) is 11.3 Å². The Balaban J connectivity index is 1.41. The molecule has 2 atom stereocenters. The summed E-state index contributed by atoms with van der Waals surface area (Å²) in [6, 6.07) is 3.63. The number of imidazole rings is 1. The maximum atomic E-state index is 14.0. The highest BCUT2D eigenvalue weighted by Gasteiger charge is 2.40. The minimum absolute atomic E-state index is 0.0836. The van der Waals surface area contributed by atoms with Gasteiger partial charge in [0, 0.05) is 30.7 Å². The fourth-order valence-corrected chi connectivity index (χ4v) is 4.65. The Kier molecular flexibility index (Phi) is 5.10. The van der Waals surface area contributed by atoms with Gasteiger partial charge >= 0.3 is 0 Å². The Morgan fingerprint density at radius 3 is 2.61 bits per heavy atom. The van der Waals surface area contributed by atoms with Gasteiger partial charge in [-0.25, -0.2) is 9.37 Å². The number of rotatable bonds is 4. The molecule has 0 spiro atoms. The van der Waals surface area contributed by atoms with Crippen molar-refractivity contribution in [2.45, 2.75) is 57.8 Å². The molecule has 0 aliphatic carbocycles. The zero-order chi connectivity index (χ0) is 20.1. The molecule has 1 aromatic carbocycles. The van der Waals surface area contributed by atoms with E-state index < -0.39 is 0 Å². The number of halogens is 2. The first kappa shape index (κ1) is 19.6. The second-order valence-electron chi connectivity index (χ2n) is 8.99. The molecule has 4 rings (SSSR count). The van der Waals surface area contributed by atoms with Crippen LogP contribution in [0.4, 0.5) is 4.39 Å². The third kappa shape index (κ3) is 4.02. The summed E-state index contributed by atoms with van der Waals surface area (Å²) < 4.78 is 14.0. The molecule has 2 fully saturated rings. The van der Waals surface area contributed by atoms with E-state index in [0.29, 0.717) is 41.2 Å². The SMILES string of the molecule is CC(C)(C)NC(=O)CN1C2CCC1CN(Cc1nc3c(Cl)ccc(F)c3[nH]1)C2. The number of nitrogens with zero attached hydrogens (tertiary/aromatic N) is 3. The molecule has 1 amide bonds. The first-order chi connectivity index (χ1) is 13.2. The van der Waals surface area contributed by atoms with Gasteiger partial charge < -0.3 is 10.3 Å². The Hall–Kier alpha value is -1.70. The molecule has 2 unspecified atom stereocenters. The van der Waals surface area contributed by atoms with E-state index in [2.05, 4.69) is 25.1 Å². The first-order valence-electron chi connectivity index (χ1n) is 9.81. The zero-order valence-electron chi connectivity index (χ0n) is 16.6. The molecule has 2 saturated heterocycles. The van der Waals surface area contributed by atoms with Crippen molar-refractivity contribution in [1.82, 2.24) is 25.1 Å². The van der Waals surface area contributed by atoms with Gasteiger partial charge in [-0.15, -0.1) is 0 Å². The van der Waals surface area contributed by atoms with Gasteiger partial charge in [-0.3, -0.25) is 14.6 Å². The first-order valence-corrected chi connectivity index (χ1v) is 10.2. The van der Waals surface area contributed by atoms with E-state index in [1.54, 1.807) is 0 Å². The Bertz CT molecular complexity index is 840. The van der Waals surface area contributed by atoms with E-state index in [4.69, 9.17) is 11.6 Å². The van der Waals surface area contributed by atoms with Gasteiger partial charge in [-0.05, 0) is 45.7 Å². The summed E-state index contributed by atoms with van der Waals surface area (Å²) in [5, 5.41) is 3.51. The molecule has 2 N–H and O–H groups in total. The van der Waals surface area contributed by atoms with Crippen LogP contribution in [0.3, 0.4) is 0 Å². The van der Waals surface area contributed by atoms with Crippen LogP contribution in [0.1, 0.15) is 39.4 Å². The summed E-state index contributed by atoms with van der Waals surface area (Å²) in [5.74, 6) is 0.466. The van der Waals surface area contributed by atoms with Crippen molar-refractivity contribution in [2.24, 2.45) is 0 Å². The summed E-state index contributed by atoms with van der Waals surface area (Å²) in [7, 11) is 0. The number of carbonyl (C=O) groups excluding carboxylic acids is 1. The number of likely N-dealkylation sites (tertiary alicyclic amines) is 1. The molecular formula is C20H27ClFN5O. The molecule has 0 saturated carbocycles.